The van der Waals surface area contributed by atoms with Gasteiger partial charge in [0, 0.05) is 18.5 Å². The van der Waals surface area contributed by atoms with Crippen LogP contribution in [0.2, 0.25) is 0 Å². The maximum atomic E-state index is 12.0. The summed E-state index contributed by atoms with van der Waals surface area (Å²) in [5.74, 6) is 0.710. The summed E-state index contributed by atoms with van der Waals surface area (Å²) in [5.41, 5.74) is 1.25. The summed E-state index contributed by atoms with van der Waals surface area (Å²) in [7, 11) is -1.43. The molecule has 2 N–H and O–H groups in total. The first-order valence-electron chi connectivity index (χ1n) is 6.87. The zero-order valence-electron chi connectivity index (χ0n) is 13.4. The van der Waals surface area contributed by atoms with Crippen LogP contribution in [0.25, 0.3) is 0 Å². The molecule has 0 aliphatic heterocycles. The van der Waals surface area contributed by atoms with Gasteiger partial charge in [-0.25, -0.2) is 8.42 Å². The molecule has 0 spiro atoms. The number of thiophene rings is 1. The van der Waals surface area contributed by atoms with Crippen molar-refractivity contribution in [2.75, 3.05) is 19.3 Å². The van der Waals surface area contributed by atoms with Crippen LogP contribution in [0.1, 0.15) is 31.2 Å². The Balaban J connectivity index is 2.45. The second-order valence-corrected chi connectivity index (χ2v) is 9.67. The largest absolute Gasteiger partial charge is 0.355 e. The van der Waals surface area contributed by atoms with Gasteiger partial charge in [0.05, 0.1) is 17.0 Å². The molecule has 7 heteroatoms. The predicted octanol–water partition coefficient (Wildman–Crippen LogP) is 1.93. The zero-order chi connectivity index (χ0) is 16.1. The van der Waals surface area contributed by atoms with Gasteiger partial charge in [-0.15, -0.1) is 11.3 Å². The van der Waals surface area contributed by atoms with Crippen molar-refractivity contribution in [1.29, 1.82) is 0 Å². The van der Waals surface area contributed by atoms with Crippen molar-refractivity contribution in [2.24, 2.45) is 4.99 Å². The van der Waals surface area contributed by atoms with Gasteiger partial charge >= 0.3 is 0 Å². The maximum absolute atomic E-state index is 12.0. The van der Waals surface area contributed by atoms with Crippen molar-refractivity contribution in [3.05, 3.63) is 21.9 Å². The molecule has 0 atom stereocenters. The fourth-order valence-corrected chi connectivity index (χ4v) is 3.41. The highest BCUT2D eigenvalue weighted by Gasteiger charge is 2.28. The summed E-state index contributed by atoms with van der Waals surface area (Å²) in [5, 5.41) is 8.29. The van der Waals surface area contributed by atoms with Gasteiger partial charge in [0.25, 0.3) is 0 Å². The van der Waals surface area contributed by atoms with E-state index in [9.17, 15) is 8.42 Å². The van der Waals surface area contributed by atoms with Crippen molar-refractivity contribution in [3.8, 4) is 0 Å². The van der Waals surface area contributed by atoms with Gasteiger partial charge in [-0.2, -0.15) is 0 Å². The molecule has 0 radical (unpaired) electrons. The minimum Gasteiger partial charge on any atom is -0.355 e. The third-order valence-electron chi connectivity index (χ3n) is 3.20. The number of hydrogen-bond acceptors (Lipinski definition) is 4. The average Bonchev–Trinajstić information content (AvgIpc) is 2.77. The molecule has 0 amide bonds. The standard InChI is InChI=1S/C14H25N3O2S2/c1-11-6-8-20-12(11)10-17-13(15-5)16-7-9-21(18,19)14(2,3)4/h6,8H,7,9-10H2,1-5H3,(H2,15,16,17). The maximum Gasteiger partial charge on any atom is 0.191 e. The molecule has 0 aliphatic carbocycles. The predicted molar refractivity (Wildman–Crippen MR) is 90.8 cm³/mol. The van der Waals surface area contributed by atoms with Crippen LogP contribution >= 0.6 is 11.3 Å². The number of aryl methyl sites for hydroxylation is 1. The molecule has 1 heterocycles. The molecule has 0 aromatic carbocycles. The van der Waals surface area contributed by atoms with E-state index in [0.717, 1.165) is 0 Å². The highest BCUT2D eigenvalue weighted by Crippen LogP contribution is 2.15. The van der Waals surface area contributed by atoms with Crippen LogP contribution in [0.5, 0.6) is 0 Å². The van der Waals surface area contributed by atoms with Crippen LogP contribution in [0.4, 0.5) is 0 Å². The number of guanidine groups is 1. The topological polar surface area (TPSA) is 70.6 Å². The van der Waals surface area contributed by atoms with E-state index in [2.05, 4.69) is 34.0 Å². The molecule has 0 aliphatic rings. The normalized spacial score (nSPS) is 13.3. The molecule has 0 fully saturated rings. The highest BCUT2D eigenvalue weighted by molar-refractivity contribution is 7.92. The monoisotopic (exact) mass is 331 g/mol. The zero-order valence-corrected chi connectivity index (χ0v) is 15.0. The number of hydrogen-bond donors (Lipinski definition) is 2. The Bertz CT molecular complexity index is 584. The molecule has 5 nitrogen and oxygen atoms in total. The Kier molecular flexibility index (Phi) is 6.22. The van der Waals surface area contributed by atoms with Gasteiger partial charge in [0.15, 0.2) is 15.8 Å². The van der Waals surface area contributed by atoms with Crippen LogP contribution < -0.4 is 10.6 Å². The highest BCUT2D eigenvalue weighted by atomic mass is 32.2. The molecule has 0 saturated heterocycles. The van der Waals surface area contributed by atoms with Crippen LogP contribution in [-0.2, 0) is 16.4 Å². The lowest BCUT2D eigenvalue weighted by molar-refractivity contribution is 0.559. The summed E-state index contributed by atoms with van der Waals surface area (Å²) in [6, 6.07) is 2.08. The van der Waals surface area contributed by atoms with E-state index in [1.165, 1.54) is 10.4 Å². The fourth-order valence-electron chi connectivity index (χ4n) is 1.58. The molecule has 21 heavy (non-hydrogen) atoms. The van der Waals surface area contributed by atoms with Gasteiger partial charge in [0.1, 0.15) is 0 Å². The third kappa shape index (κ3) is 5.32. The van der Waals surface area contributed by atoms with Crippen molar-refractivity contribution < 1.29 is 8.42 Å². The van der Waals surface area contributed by atoms with Gasteiger partial charge in [-0.05, 0) is 44.7 Å². The lowest BCUT2D eigenvalue weighted by Gasteiger charge is -2.19. The van der Waals surface area contributed by atoms with E-state index < -0.39 is 14.6 Å². The lowest BCUT2D eigenvalue weighted by Crippen LogP contribution is -2.41. The van der Waals surface area contributed by atoms with Gasteiger partial charge in [-0.3, -0.25) is 4.99 Å². The molecule has 0 bridgehead atoms. The number of rotatable bonds is 5. The van der Waals surface area contributed by atoms with Crippen LogP contribution in [0.3, 0.4) is 0 Å². The molecule has 1 aromatic heterocycles. The Morgan fingerprint density at radius 2 is 2.00 bits per heavy atom. The minimum atomic E-state index is -3.11. The summed E-state index contributed by atoms with van der Waals surface area (Å²) in [4.78, 5) is 5.35. The summed E-state index contributed by atoms with van der Waals surface area (Å²) < 4.78 is 23.3. The second-order valence-electron chi connectivity index (χ2n) is 5.81. The molecule has 0 saturated carbocycles. The Hall–Kier alpha value is -1.08. The van der Waals surface area contributed by atoms with E-state index in [4.69, 9.17) is 0 Å². The summed E-state index contributed by atoms with van der Waals surface area (Å²) in [6.07, 6.45) is 0. The van der Waals surface area contributed by atoms with E-state index >= 15 is 0 Å². The first-order valence-corrected chi connectivity index (χ1v) is 9.40. The minimum absolute atomic E-state index is 0.0925. The SMILES string of the molecule is CN=C(NCCS(=O)(=O)C(C)(C)C)NCc1sccc1C. The first kappa shape index (κ1) is 18.0. The Labute approximate surface area is 131 Å². The molecule has 1 rings (SSSR count). The summed E-state index contributed by atoms with van der Waals surface area (Å²) >= 11 is 1.69. The Morgan fingerprint density at radius 1 is 1.33 bits per heavy atom. The van der Waals surface area contributed by atoms with Gasteiger partial charge < -0.3 is 10.6 Å². The van der Waals surface area contributed by atoms with Gasteiger partial charge in [-0.1, -0.05) is 0 Å². The molecule has 1 aromatic rings. The lowest BCUT2D eigenvalue weighted by atomic mass is 10.3. The molecule has 120 valence electrons. The van der Waals surface area contributed by atoms with Crippen LogP contribution in [0, 0.1) is 6.92 Å². The Morgan fingerprint density at radius 3 is 2.48 bits per heavy atom. The van der Waals surface area contributed by atoms with E-state index in [1.807, 2.05) is 0 Å². The van der Waals surface area contributed by atoms with Crippen LogP contribution in [-0.4, -0.2) is 38.5 Å². The van der Waals surface area contributed by atoms with Crippen molar-refractivity contribution in [2.45, 2.75) is 39.0 Å². The smallest absolute Gasteiger partial charge is 0.191 e. The molecular weight excluding hydrogens is 306 g/mol. The van der Waals surface area contributed by atoms with E-state index in [1.54, 1.807) is 39.2 Å². The second kappa shape index (κ2) is 7.26. The first-order chi connectivity index (χ1) is 9.67. The van der Waals surface area contributed by atoms with Gasteiger partial charge in [0.2, 0.25) is 0 Å². The van der Waals surface area contributed by atoms with Crippen LogP contribution in [0.15, 0.2) is 16.4 Å². The number of sulfone groups is 1. The van der Waals surface area contributed by atoms with Crippen molar-refractivity contribution >= 4 is 27.1 Å². The number of nitrogens with zero attached hydrogens (tertiary/aromatic N) is 1. The number of aliphatic imine (C=N–C) groups is 1. The molecular formula is C14H25N3O2S2. The fraction of sp³-hybridized carbons (Fsp3) is 0.643. The third-order valence-corrected chi connectivity index (χ3v) is 6.84. The van der Waals surface area contributed by atoms with E-state index in [-0.39, 0.29) is 5.75 Å². The molecule has 0 unspecified atom stereocenters. The number of nitrogens with one attached hydrogen (secondary N) is 2. The summed E-state index contributed by atoms with van der Waals surface area (Å²) in [6.45, 7) is 8.26. The van der Waals surface area contributed by atoms with Crippen molar-refractivity contribution in [3.63, 3.8) is 0 Å². The quantitative estimate of drug-likeness (QED) is 0.639. The van der Waals surface area contributed by atoms with Crippen molar-refractivity contribution in [1.82, 2.24) is 10.6 Å². The van der Waals surface area contributed by atoms with E-state index in [0.29, 0.717) is 19.0 Å². The average molecular weight is 332 g/mol.